The first-order valence-electron chi connectivity index (χ1n) is 12.4. The van der Waals surface area contributed by atoms with Gasteiger partial charge in [0, 0.05) is 16.3 Å². The average Bonchev–Trinajstić information content (AvgIpc) is 3.21. The van der Waals surface area contributed by atoms with Crippen LogP contribution in [-0.2, 0) is 10.8 Å². The van der Waals surface area contributed by atoms with Crippen LogP contribution in [0.25, 0.3) is 21.9 Å². The number of halogens is 3. The zero-order valence-corrected chi connectivity index (χ0v) is 23.4. The Morgan fingerprint density at radius 3 is 1.95 bits per heavy atom. The lowest BCUT2D eigenvalue weighted by Crippen LogP contribution is -2.16. The van der Waals surface area contributed by atoms with Gasteiger partial charge in [-0.25, -0.2) is 4.39 Å². The molecule has 0 unspecified atom stereocenters. The fraction of sp³-hybridized carbons (Fsp3) is 0.250. The standard InChI is InChI=1S/C32H30Cl2FNO/c1-31(2,3)19-17-23(33)28(34)27(18-19)36(25-15-8-7-14-24(25)35)26-16-10-12-21-20-11-9-13-22(32(4,5)6)29(20)37-30(21)26/h7-18H,1-6H3. The molecule has 0 amide bonds. The van der Waals surface area contributed by atoms with Crippen molar-refractivity contribution in [1.82, 2.24) is 0 Å². The van der Waals surface area contributed by atoms with Crippen molar-refractivity contribution in [3.63, 3.8) is 0 Å². The van der Waals surface area contributed by atoms with Crippen molar-refractivity contribution in [3.8, 4) is 0 Å². The van der Waals surface area contributed by atoms with E-state index in [1.807, 2.05) is 41.3 Å². The van der Waals surface area contributed by atoms with Crippen LogP contribution >= 0.6 is 23.2 Å². The Morgan fingerprint density at radius 2 is 1.30 bits per heavy atom. The molecule has 5 heteroatoms. The maximum absolute atomic E-state index is 15.5. The number of nitrogens with zero attached hydrogens (tertiary/aromatic N) is 1. The molecule has 4 aromatic carbocycles. The molecule has 1 aromatic heterocycles. The summed E-state index contributed by atoms with van der Waals surface area (Å²) >= 11 is 13.5. The lowest BCUT2D eigenvalue weighted by Gasteiger charge is -2.29. The van der Waals surface area contributed by atoms with Gasteiger partial charge in [-0.15, -0.1) is 0 Å². The van der Waals surface area contributed by atoms with Crippen molar-refractivity contribution in [2.45, 2.75) is 52.4 Å². The number of furan rings is 1. The summed E-state index contributed by atoms with van der Waals surface area (Å²) in [5, 5.41) is 2.73. The van der Waals surface area contributed by atoms with Crippen LogP contribution in [0, 0.1) is 5.82 Å². The van der Waals surface area contributed by atoms with Crippen molar-refractivity contribution in [2.75, 3.05) is 4.90 Å². The van der Waals surface area contributed by atoms with Crippen molar-refractivity contribution < 1.29 is 8.81 Å². The third kappa shape index (κ3) is 4.49. The molecule has 0 aliphatic rings. The minimum atomic E-state index is -0.376. The quantitative estimate of drug-likeness (QED) is 0.229. The molecule has 0 aliphatic heterocycles. The Kier molecular flexibility index (Phi) is 6.29. The highest BCUT2D eigenvalue weighted by molar-refractivity contribution is 6.44. The first-order chi connectivity index (χ1) is 17.4. The van der Waals surface area contributed by atoms with E-state index in [4.69, 9.17) is 27.6 Å². The zero-order valence-electron chi connectivity index (χ0n) is 21.9. The highest BCUT2D eigenvalue weighted by Gasteiger charge is 2.27. The number of hydrogen-bond donors (Lipinski definition) is 0. The van der Waals surface area contributed by atoms with Gasteiger partial charge in [0.05, 0.1) is 27.1 Å². The average molecular weight is 535 g/mol. The van der Waals surface area contributed by atoms with Gasteiger partial charge in [0.25, 0.3) is 0 Å². The summed E-state index contributed by atoms with van der Waals surface area (Å²) in [6, 6.07) is 22.7. The lowest BCUT2D eigenvalue weighted by molar-refractivity contribution is 0.573. The van der Waals surface area contributed by atoms with E-state index in [0.717, 1.165) is 27.5 Å². The van der Waals surface area contributed by atoms with Crippen LogP contribution in [0.4, 0.5) is 21.5 Å². The molecule has 0 radical (unpaired) electrons. The van der Waals surface area contributed by atoms with Gasteiger partial charge in [-0.3, -0.25) is 0 Å². The van der Waals surface area contributed by atoms with Crippen LogP contribution in [0.15, 0.2) is 77.2 Å². The Balaban J connectivity index is 1.89. The lowest BCUT2D eigenvalue weighted by atomic mass is 9.86. The molecule has 0 atom stereocenters. The molecule has 0 aliphatic carbocycles. The summed E-state index contributed by atoms with van der Waals surface area (Å²) in [4.78, 5) is 1.82. The predicted octanol–water partition coefficient (Wildman–Crippen LogP) is 11.1. The number of fused-ring (bicyclic) bond motifs is 3. The normalized spacial score (nSPS) is 12.5. The highest BCUT2D eigenvalue weighted by Crippen LogP contribution is 2.48. The summed E-state index contributed by atoms with van der Waals surface area (Å²) in [6.45, 7) is 12.8. The van der Waals surface area contributed by atoms with Crippen LogP contribution in [0.3, 0.4) is 0 Å². The third-order valence-corrected chi connectivity index (χ3v) is 7.55. The molecule has 0 N–H and O–H groups in total. The molecule has 1 heterocycles. The summed E-state index contributed by atoms with van der Waals surface area (Å²) in [6.07, 6.45) is 0. The van der Waals surface area contributed by atoms with Crippen molar-refractivity contribution in [3.05, 3.63) is 99.8 Å². The van der Waals surface area contributed by atoms with Crippen LogP contribution in [0.2, 0.25) is 10.0 Å². The largest absolute Gasteiger partial charge is 0.454 e. The van der Waals surface area contributed by atoms with Crippen LogP contribution < -0.4 is 4.90 Å². The molecule has 0 spiro atoms. The van der Waals surface area contributed by atoms with Gasteiger partial charge in [0.2, 0.25) is 0 Å². The Bertz CT molecular complexity index is 1640. The fourth-order valence-corrected chi connectivity index (χ4v) is 5.17. The molecule has 2 nitrogen and oxygen atoms in total. The van der Waals surface area contributed by atoms with Crippen molar-refractivity contribution in [1.29, 1.82) is 0 Å². The van der Waals surface area contributed by atoms with Gasteiger partial charge in [-0.1, -0.05) is 107 Å². The van der Waals surface area contributed by atoms with E-state index in [9.17, 15) is 0 Å². The van der Waals surface area contributed by atoms with E-state index in [-0.39, 0.29) is 16.6 Å². The maximum Gasteiger partial charge on any atom is 0.159 e. The number of anilines is 3. The van der Waals surface area contributed by atoms with Crippen LogP contribution in [-0.4, -0.2) is 0 Å². The molecule has 190 valence electrons. The van der Waals surface area contributed by atoms with E-state index in [1.165, 1.54) is 6.07 Å². The molecule has 0 saturated carbocycles. The van der Waals surface area contributed by atoms with E-state index in [1.54, 1.807) is 12.1 Å². The maximum atomic E-state index is 15.5. The van der Waals surface area contributed by atoms with Gasteiger partial charge in [0.1, 0.15) is 11.4 Å². The zero-order chi connectivity index (χ0) is 26.7. The SMILES string of the molecule is CC(C)(C)c1cc(Cl)c(Cl)c(N(c2ccccc2F)c2cccc3c2oc2c(C(C)(C)C)cccc23)c1. The van der Waals surface area contributed by atoms with Gasteiger partial charge in [0.15, 0.2) is 5.58 Å². The number of rotatable bonds is 3. The van der Waals surface area contributed by atoms with Gasteiger partial charge in [-0.05, 0) is 46.7 Å². The van der Waals surface area contributed by atoms with E-state index >= 15 is 4.39 Å². The monoisotopic (exact) mass is 533 g/mol. The first-order valence-corrected chi connectivity index (χ1v) is 13.1. The van der Waals surface area contributed by atoms with Gasteiger partial charge >= 0.3 is 0 Å². The van der Waals surface area contributed by atoms with Gasteiger partial charge in [-0.2, -0.15) is 0 Å². The molecule has 37 heavy (non-hydrogen) atoms. The minimum absolute atomic E-state index is 0.114. The summed E-state index contributed by atoms with van der Waals surface area (Å²) in [5.41, 5.74) is 4.91. The fourth-order valence-electron chi connectivity index (χ4n) is 4.76. The topological polar surface area (TPSA) is 16.4 Å². The smallest absolute Gasteiger partial charge is 0.159 e. The van der Waals surface area contributed by atoms with E-state index in [2.05, 4.69) is 59.7 Å². The third-order valence-electron chi connectivity index (χ3n) is 6.76. The Hall–Kier alpha value is -3.01. The molecule has 5 aromatic rings. The van der Waals surface area contributed by atoms with Gasteiger partial charge < -0.3 is 9.32 Å². The van der Waals surface area contributed by atoms with E-state index < -0.39 is 0 Å². The Morgan fingerprint density at radius 1 is 0.676 bits per heavy atom. The number of para-hydroxylation sites is 3. The van der Waals surface area contributed by atoms with Crippen LogP contribution in [0.1, 0.15) is 52.7 Å². The van der Waals surface area contributed by atoms with Crippen molar-refractivity contribution in [2.24, 2.45) is 0 Å². The minimum Gasteiger partial charge on any atom is -0.454 e. The Labute approximate surface area is 227 Å². The second kappa shape index (κ2) is 9.08. The summed E-state index contributed by atoms with van der Waals surface area (Å²) in [5.74, 6) is -0.376. The molecule has 0 bridgehead atoms. The first kappa shape index (κ1) is 25.6. The molecular weight excluding hydrogens is 504 g/mol. The summed E-state index contributed by atoms with van der Waals surface area (Å²) in [7, 11) is 0. The predicted molar refractivity (Wildman–Crippen MR) is 156 cm³/mol. The molecule has 0 fully saturated rings. The van der Waals surface area contributed by atoms with Crippen molar-refractivity contribution >= 4 is 62.2 Å². The molecule has 5 rings (SSSR count). The second-order valence-corrected chi connectivity index (χ2v) is 12.3. The van der Waals surface area contributed by atoms with E-state index in [0.29, 0.717) is 32.7 Å². The molecular formula is C32H30Cl2FNO. The number of hydrogen-bond acceptors (Lipinski definition) is 2. The number of benzene rings is 4. The van der Waals surface area contributed by atoms with Crippen LogP contribution in [0.5, 0.6) is 0 Å². The highest BCUT2D eigenvalue weighted by atomic mass is 35.5. The molecule has 0 saturated heterocycles. The second-order valence-electron chi connectivity index (χ2n) is 11.5. The summed E-state index contributed by atoms with van der Waals surface area (Å²) < 4.78 is 22.1.